The Morgan fingerprint density at radius 2 is 1.57 bits per heavy atom. The lowest BCUT2D eigenvalue weighted by Crippen LogP contribution is -1.83. The summed E-state index contributed by atoms with van der Waals surface area (Å²) in [6, 6.07) is 7.13. The van der Waals surface area contributed by atoms with Crippen molar-refractivity contribution in [2.24, 2.45) is 0 Å². The summed E-state index contributed by atoms with van der Waals surface area (Å²) in [6.07, 6.45) is 6.77. The Balaban J connectivity index is 2.39. The summed E-state index contributed by atoms with van der Waals surface area (Å²) in [5.41, 5.74) is 2.47. The molecule has 1 heterocycles. The molecule has 0 aliphatic heterocycles. The van der Waals surface area contributed by atoms with Crippen LogP contribution < -0.4 is 0 Å². The highest BCUT2D eigenvalue weighted by Gasteiger charge is 1.97. The van der Waals surface area contributed by atoms with Crippen molar-refractivity contribution in [2.75, 3.05) is 0 Å². The molecule has 0 unspecified atom stereocenters. The number of hydrogen-bond acceptors (Lipinski definition) is 3. The lowest BCUT2D eigenvalue weighted by Gasteiger charge is -1.98. The lowest BCUT2D eigenvalue weighted by atomic mass is 10.1. The largest absolute Gasteiger partial charge is 0.285 e. The quantitative estimate of drug-likeness (QED) is 0.710. The van der Waals surface area contributed by atoms with E-state index in [9.17, 15) is 4.79 Å². The molecule has 0 aliphatic rings. The fourth-order valence-corrected chi connectivity index (χ4v) is 1.18. The third-order valence-electron chi connectivity index (χ3n) is 1.90. The van der Waals surface area contributed by atoms with Crippen molar-refractivity contribution in [3.63, 3.8) is 0 Å². The van der Waals surface area contributed by atoms with Gasteiger partial charge >= 0.3 is 0 Å². The smallest absolute Gasteiger partial charge is 0.233 e. The van der Waals surface area contributed by atoms with Gasteiger partial charge in [-0.1, -0.05) is 24.3 Å². The summed E-state index contributed by atoms with van der Waals surface area (Å²) >= 11 is 0. The fourth-order valence-electron chi connectivity index (χ4n) is 1.18. The van der Waals surface area contributed by atoms with E-state index in [4.69, 9.17) is 0 Å². The van der Waals surface area contributed by atoms with Crippen LogP contribution in [0.1, 0.15) is 5.56 Å². The highest BCUT2D eigenvalue weighted by molar-refractivity contribution is 5.77. The first-order chi connectivity index (χ1) is 6.90. The Bertz CT molecular complexity index is 423. The second kappa shape index (κ2) is 3.79. The minimum Gasteiger partial charge on any atom is -0.285 e. The van der Waals surface area contributed by atoms with E-state index in [0.29, 0.717) is 5.56 Å². The zero-order valence-corrected chi connectivity index (χ0v) is 7.34. The molecule has 14 heavy (non-hydrogen) atoms. The summed E-state index contributed by atoms with van der Waals surface area (Å²) in [5.74, 6) is 0. The third-order valence-corrected chi connectivity index (χ3v) is 1.90. The van der Waals surface area contributed by atoms with Gasteiger partial charge in [0.25, 0.3) is 0 Å². The molecule has 3 nitrogen and oxygen atoms in total. The number of nitrogens with zero attached hydrogens (tertiary/aromatic N) is 2. The van der Waals surface area contributed by atoms with Crippen LogP contribution in [0.4, 0.5) is 0 Å². The van der Waals surface area contributed by atoms with Crippen molar-refractivity contribution in [3.8, 4) is 11.1 Å². The van der Waals surface area contributed by atoms with Crippen molar-refractivity contribution < 1.29 is 4.79 Å². The SMILES string of the molecule is O=[C]c1ccc(-c2cncnc2)cc1. The van der Waals surface area contributed by atoms with Crippen LogP contribution in [0.2, 0.25) is 0 Å². The molecular weight excluding hydrogens is 176 g/mol. The van der Waals surface area contributed by atoms with Gasteiger partial charge in [-0.3, -0.25) is 4.79 Å². The predicted molar refractivity (Wildman–Crippen MR) is 52.3 cm³/mol. The zero-order chi connectivity index (χ0) is 9.80. The van der Waals surface area contributed by atoms with E-state index >= 15 is 0 Å². The van der Waals surface area contributed by atoms with Crippen molar-refractivity contribution in [1.82, 2.24) is 9.97 Å². The molecule has 67 valence electrons. The Kier molecular flexibility index (Phi) is 2.32. The summed E-state index contributed by atoms with van der Waals surface area (Å²) in [7, 11) is 0. The van der Waals surface area contributed by atoms with Gasteiger partial charge in [0.05, 0.1) is 0 Å². The van der Waals surface area contributed by atoms with Crippen molar-refractivity contribution in [3.05, 3.63) is 48.5 Å². The van der Waals surface area contributed by atoms with Crippen LogP contribution in [0.5, 0.6) is 0 Å². The molecule has 1 aromatic carbocycles. The molecular formula is C11H7N2O. The normalized spacial score (nSPS) is 9.71. The standard InChI is InChI=1S/C11H7N2O/c14-7-9-1-3-10(4-2-9)11-5-12-8-13-6-11/h1-6,8H. The van der Waals surface area contributed by atoms with E-state index in [-0.39, 0.29) is 0 Å². The molecule has 0 fully saturated rings. The molecule has 0 amide bonds. The number of hydrogen-bond donors (Lipinski definition) is 0. The van der Waals surface area contributed by atoms with Gasteiger partial charge in [-0.25, -0.2) is 9.97 Å². The Hall–Kier alpha value is -2.03. The minimum absolute atomic E-state index is 0.547. The first-order valence-electron chi connectivity index (χ1n) is 4.14. The first-order valence-corrected chi connectivity index (χ1v) is 4.14. The fraction of sp³-hybridized carbons (Fsp3) is 0. The van der Waals surface area contributed by atoms with Gasteiger partial charge in [-0.05, 0) is 5.56 Å². The van der Waals surface area contributed by atoms with Crippen LogP contribution in [-0.2, 0) is 4.79 Å². The van der Waals surface area contributed by atoms with Crippen LogP contribution in [0, 0.1) is 0 Å². The van der Waals surface area contributed by atoms with E-state index in [1.54, 1.807) is 24.5 Å². The molecule has 0 atom stereocenters. The molecule has 0 saturated heterocycles. The second-order valence-electron chi connectivity index (χ2n) is 2.81. The number of aromatic nitrogens is 2. The molecule has 0 saturated carbocycles. The minimum atomic E-state index is 0.547. The van der Waals surface area contributed by atoms with Crippen molar-refractivity contribution >= 4 is 6.29 Å². The van der Waals surface area contributed by atoms with Gasteiger partial charge in [0, 0.05) is 23.5 Å². The van der Waals surface area contributed by atoms with Crippen LogP contribution in [-0.4, -0.2) is 16.3 Å². The molecule has 2 aromatic rings. The number of benzene rings is 1. The maximum atomic E-state index is 10.3. The van der Waals surface area contributed by atoms with Crippen LogP contribution in [0.3, 0.4) is 0 Å². The maximum absolute atomic E-state index is 10.3. The predicted octanol–water partition coefficient (Wildman–Crippen LogP) is 1.60. The molecule has 0 spiro atoms. The summed E-state index contributed by atoms with van der Waals surface area (Å²) < 4.78 is 0. The van der Waals surface area contributed by atoms with Gasteiger partial charge in [0.15, 0.2) is 0 Å². The monoisotopic (exact) mass is 183 g/mol. The van der Waals surface area contributed by atoms with Crippen molar-refractivity contribution in [1.29, 1.82) is 0 Å². The maximum Gasteiger partial charge on any atom is 0.233 e. The summed E-state index contributed by atoms with van der Waals surface area (Å²) in [5, 5.41) is 0. The van der Waals surface area contributed by atoms with Gasteiger partial charge in [-0.15, -0.1) is 0 Å². The lowest BCUT2D eigenvalue weighted by molar-refractivity contribution is 0.563. The van der Waals surface area contributed by atoms with Crippen LogP contribution in [0.15, 0.2) is 43.0 Å². The molecule has 1 aromatic heterocycles. The summed E-state index contributed by atoms with van der Waals surface area (Å²) in [6.45, 7) is 0. The zero-order valence-electron chi connectivity index (χ0n) is 7.34. The van der Waals surface area contributed by atoms with Gasteiger partial charge in [0.1, 0.15) is 6.33 Å². The topological polar surface area (TPSA) is 42.9 Å². The summed E-state index contributed by atoms with van der Waals surface area (Å²) in [4.78, 5) is 18.1. The molecule has 0 bridgehead atoms. The first kappa shape index (κ1) is 8.56. The third kappa shape index (κ3) is 1.66. The van der Waals surface area contributed by atoms with E-state index in [1.165, 1.54) is 6.33 Å². The van der Waals surface area contributed by atoms with Crippen LogP contribution in [0.25, 0.3) is 11.1 Å². The number of rotatable bonds is 2. The molecule has 2 rings (SSSR count). The average Bonchev–Trinajstić information content (AvgIpc) is 2.30. The Labute approximate surface area is 81.5 Å². The second-order valence-corrected chi connectivity index (χ2v) is 2.81. The van der Waals surface area contributed by atoms with E-state index in [2.05, 4.69) is 9.97 Å². The Morgan fingerprint density at radius 3 is 2.14 bits per heavy atom. The molecule has 0 aliphatic carbocycles. The highest BCUT2D eigenvalue weighted by atomic mass is 16.1. The highest BCUT2D eigenvalue weighted by Crippen LogP contribution is 2.16. The van der Waals surface area contributed by atoms with Gasteiger partial charge < -0.3 is 0 Å². The Morgan fingerprint density at radius 1 is 0.929 bits per heavy atom. The van der Waals surface area contributed by atoms with E-state index in [1.807, 2.05) is 18.4 Å². The van der Waals surface area contributed by atoms with E-state index < -0.39 is 0 Å². The van der Waals surface area contributed by atoms with Crippen molar-refractivity contribution in [2.45, 2.75) is 0 Å². The molecule has 3 heteroatoms. The molecule has 0 N–H and O–H groups in total. The van der Waals surface area contributed by atoms with Gasteiger partial charge in [-0.2, -0.15) is 0 Å². The van der Waals surface area contributed by atoms with Gasteiger partial charge in [0.2, 0.25) is 6.29 Å². The van der Waals surface area contributed by atoms with Crippen LogP contribution >= 0.6 is 0 Å². The average molecular weight is 183 g/mol. The van der Waals surface area contributed by atoms with E-state index in [0.717, 1.165) is 11.1 Å². The molecule has 1 radical (unpaired) electrons. The number of carbonyl (C=O) groups excluding carboxylic acids is 1.